The van der Waals surface area contributed by atoms with Gasteiger partial charge in [0.15, 0.2) is 17.7 Å². The quantitative estimate of drug-likeness (QED) is 0.151. The van der Waals surface area contributed by atoms with Crippen molar-refractivity contribution < 1.29 is 62.2 Å². The van der Waals surface area contributed by atoms with Crippen LogP contribution in [-0.2, 0) is 38.0 Å². The van der Waals surface area contributed by atoms with Crippen molar-refractivity contribution in [1.82, 2.24) is 15.2 Å². The van der Waals surface area contributed by atoms with Crippen molar-refractivity contribution in [2.45, 2.75) is 141 Å². The fourth-order valence-electron chi connectivity index (χ4n) is 11.2. The standard InChI is InChI=1S/C47H62FN3O12/c1-25-28(21-30(53)36(54)35(34-29(48)17-14-20-49-34)50-42(56)63-43(3,4)5)22-47(57)40(61-41(55)27-15-12-11-13-16-27)38-45(8,19-18-31-46(38,24-58-31)62-26(2)52)39-37(33(25)44(47,6)7)59-32(60-39)23-51(9)10/h11-17,20,28,31-32,35-40,54,57H,18-19,21-24H2,1-10H3,(H,50,56)/t28-,31+,32+,35-,36-,37+,38-,39+,40-,45+,46-,47+/m0/s1. The molecule has 1 aromatic carbocycles. The van der Waals surface area contributed by atoms with Crippen molar-refractivity contribution in [2.75, 3.05) is 27.2 Å². The molecule has 5 aliphatic rings. The Labute approximate surface area is 368 Å². The molecule has 3 heterocycles. The van der Waals surface area contributed by atoms with E-state index in [1.807, 2.05) is 46.7 Å². The first-order chi connectivity index (χ1) is 29.4. The van der Waals surface area contributed by atoms with Crippen LogP contribution in [0.4, 0.5) is 9.18 Å². The van der Waals surface area contributed by atoms with Gasteiger partial charge in [-0.05, 0) is 96.8 Å². The van der Waals surface area contributed by atoms with Crippen molar-refractivity contribution in [3.8, 4) is 0 Å². The van der Waals surface area contributed by atoms with Gasteiger partial charge in [0.05, 0.1) is 24.2 Å². The number of halogens is 1. The molecule has 3 N–H and O–H groups in total. The molecular weight excluding hydrogens is 818 g/mol. The number of alkyl carbamates (subject to hydrolysis) is 1. The lowest BCUT2D eigenvalue weighted by molar-refractivity contribution is -0.345. The summed E-state index contributed by atoms with van der Waals surface area (Å²) in [6, 6.07) is 9.18. The monoisotopic (exact) mass is 879 g/mol. The van der Waals surface area contributed by atoms with Crippen molar-refractivity contribution >= 4 is 23.8 Å². The molecule has 16 heteroatoms. The van der Waals surface area contributed by atoms with E-state index in [1.54, 1.807) is 51.1 Å². The lowest BCUT2D eigenvalue weighted by Crippen LogP contribution is -2.79. The highest BCUT2D eigenvalue weighted by Crippen LogP contribution is 2.67. The number of carbonyl (C=O) groups is 4. The number of likely N-dealkylation sites (N-methyl/N-ethyl adjacent to an activating group) is 1. The van der Waals surface area contributed by atoms with Crippen LogP contribution in [0, 0.1) is 28.5 Å². The van der Waals surface area contributed by atoms with Crippen molar-refractivity contribution in [2.24, 2.45) is 22.7 Å². The van der Waals surface area contributed by atoms with Gasteiger partial charge in [0.25, 0.3) is 0 Å². The molecule has 12 atom stereocenters. The van der Waals surface area contributed by atoms with Gasteiger partial charge in [0, 0.05) is 36.9 Å². The summed E-state index contributed by atoms with van der Waals surface area (Å²) in [6.45, 7) is 14.1. The predicted molar refractivity (Wildman–Crippen MR) is 224 cm³/mol. The lowest BCUT2D eigenvalue weighted by atomic mass is 9.44. The van der Waals surface area contributed by atoms with Gasteiger partial charge in [-0.25, -0.2) is 14.0 Å². The number of esters is 2. The number of aliphatic hydroxyl groups is 2. The van der Waals surface area contributed by atoms with Gasteiger partial charge in [-0.1, -0.05) is 44.5 Å². The number of allylic oxidation sites excluding steroid dienone is 1. The average molecular weight is 880 g/mol. The minimum Gasteiger partial charge on any atom is -0.455 e. The summed E-state index contributed by atoms with van der Waals surface area (Å²) in [4.78, 5) is 61.3. The molecule has 15 nitrogen and oxygen atoms in total. The molecule has 2 saturated heterocycles. The third-order valence-electron chi connectivity index (χ3n) is 14.1. The minimum atomic E-state index is -2.02. The second-order valence-corrected chi connectivity index (χ2v) is 20.0. The molecule has 2 aromatic rings. The number of aromatic nitrogens is 1. The number of ketones is 1. The van der Waals surface area contributed by atoms with Crippen molar-refractivity contribution in [1.29, 1.82) is 0 Å². The Hall–Kier alpha value is -4.32. The smallest absolute Gasteiger partial charge is 0.408 e. The summed E-state index contributed by atoms with van der Waals surface area (Å²) < 4.78 is 53.8. The van der Waals surface area contributed by atoms with Crippen LogP contribution in [0.25, 0.3) is 0 Å². The van der Waals surface area contributed by atoms with Gasteiger partial charge in [-0.3, -0.25) is 14.6 Å². The van der Waals surface area contributed by atoms with Crippen LogP contribution in [-0.4, -0.2) is 125 Å². The normalized spacial score (nSPS) is 34.2. The molecule has 7 rings (SSSR count). The van der Waals surface area contributed by atoms with E-state index in [2.05, 4.69) is 10.3 Å². The van der Waals surface area contributed by atoms with Crippen LogP contribution >= 0.6 is 0 Å². The summed E-state index contributed by atoms with van der Waals surface area (Å²) in [5.74, 6) is -4.71. The SMILES string of the molecule is CC(=O)O[C@@]12CO[C@@H]1CC[C@@]1(C)[C@@H]3O[C@H](CN(C)C)O[C@@H]3C3=C(C)[C@@H](CC(=O)[C@H](O)[C@@H](NC(=O)OC(C)(C)C)c4ncccc4F)C[C@@](O)([C@@H](OC(=O)c4ccccc4)[C@@H]12)C3(C)C. The topological polar surface area (TPSA) is 192 Å². The van der Waals surface area contributed by atoms with Crippen LogP contribution in [0.5, 0.6) is 0 Å². The van der Waals surface area contributed by atoms with Crippen LogP contribution in [0.3, 0.4) is 0 Å². The third-order valence-corrected chi connectivity index (χ3v) is 14.1. The van der Waals surface area contributed by atoms with Gasteiger partial charge in [0.1, 0.15) is 53.2 Å². The molecule has 1 amide bonds. The van der Waals surface area contributed by atoms with Gasteiger partial charge in [0.2, 0.25) is 0 Å². The highest BCUT2D eigenvalue weighted by atomic mass is 19.1. The highest BCUT2D eigenvalue weighted by molar-refractivity contribution is 5.89. The first kappa shape index (κ1) is 46.7. The minimum absolute atomic E-state index is 0.0290. The number of hydrogen-bond donors (Lipinski definition) is 3. The molecule has 63 heavy (non-hydrogen) atoms. The number of aliphatic hydroxyl groups excluding tert-OH is 1. The van der Waals surface area contributed by atoms with Crippen LogP contribution < -0.4 is 5.32 Å². The Kier molecular flexibility index (Phi) is 12.5. The van der Waals surface area contributed by atoms with Crippen molar-refractivity contribution in [3.05, 3.63) is 76.9 Å². The van der Waals surface area contributed by atoms with E-state index in [0.717, 1.165) is 6.07 Å². The Morgan fingerprint density at radius 2 is 1.76 bits per heavy atom. The third kappa shape index (κ3) is 8.31. The van der Waals surface area contributed by atoms with Crippen molar-refractivity contribution in [3.63, 3.8) is 0 Å². The summed E-state index contributed by atoms with van der Waals surface area (Å²) in [6.07, 6.45) is -5.63. The molecular formula is C47H62FN3O12. The number of amides is 1. The number of ether oxygens (including phenoxy) is 6. The molecule has 1 aromatic heterocycles. The Balaban J connectivity index is 1.38. The summed E-state index contributed by atoms with van der Waals surface area (Å²) >= 11 is 0. The number of fused-ring (bicyclic) bond motifs is 8. The number of pyridine rings is 1. The van der Waals surface area contributed by atoms with E-state index >= 15 is 4.39 Å². The summed E-state index contributed by atoms with van der Waals surface area (Å²) in [5.41, 5.74) is -5.36. The molecule has 0 spiro atoms. The Morgan fingerprint density at radius 3 is 2.37 bits per heavy atom. The predicted octanol–water partition coefficient (Wildman–Crippen LogP) is 5.23. The number of rotatable bonds is 11. The molecule has 4 fully saturated rings. The maximum absolute atomic E-state index is 15.4. The largest absolute Gasteiger partial charge is 0.455 e. The van der Waals surface area contributed by atoms with E-state index in [9.17, 15) is 29.4 Å². The van der Waals surface area contributed by atoms with Crippen LogP contribution in [0.15, 0.2) is 59.8 Å². The second kappa shape index (κ2) is 16.9. The lowest BCUT2D eigenvalue weighted by Gasteiger charge is -2.68. The van der Waals surface area contributed by atoms with Crippen LogP contribution in [0.2, 0.25) is 0 Å². The summed E-state index contributed by atoms with van der Waals surface area (Å²) in [5, 5.41) is 28.2. The van der Waals surface area contributed by atoms with Crippen LogP contribution in [0.1, 0.15) is 103 Å². The number of carbonyl (C=O) groups excluding carboxylic acids is 4. The maximum Gasteiger partial charge on any atom is 0.408 e. The average Bonchev–Trinajstić information content (AvgIpc) is 3.59. The van der Waals surface area contributed by atoms with Gasteiger partial charge in [-0.2, -0.15) is 0 Å². The van der Waals surface area contributed by atoms with Gasteiger partial charge < -0.3 is 48.9 Å². The first-order valence-electron chi connectivity index (χ1n) is 21.7. The fourth-order valence-corrected chi connectivity index (χ4v) is 11.2. The first-order valence-corrected chi connectivity index (χ1v) is 21.7. The molecule has 3 aliphatic carbocycles. The van der Waals surface area contributed by atoms with E-state index in [0.29, 0.717) is 30.5 Å². The zero-order valence-electron chi connectivity index (χ0n) is 37.8. The number of nitrogens with one attached hydrogen (secondary N) is 1. The Bertz CT molecular complexity index is 2130. The second-order valence-electron chi connectivity index (χ2n) is 20.0. The van der Waals surface area contributed by atoms with E-state index < -0.39 is 118 Å². The maximum atomic E-state index is 15.4. The van der Waals surface area contributed by atoms with Gasteiger partial charge >= 0.3 is 18.0 Å². The van der Waals surface area contributed by atoms with E-state index in [-0.39, 0.29) is 24.3 Å². The molecule has 2 aliphatic heterocycles. The fraction of sp³-hybridized carbons (Fsp3) is 0.638. The van der Waals surface area contributed by atoms with E-state index in [1.165, 1.54) is 19.2 Å². The molecule has 2 saturated carbocycles. The number of benzene rings is 1. The zero-order chi connectivity index (χ0) is 46.0. The summed E-state index contributed by atoms with van der Waals surface area (Å²) in [7, 11) is 3.79. The van der Waals surface area contributed by atoms with Gasteiger partial charge in [-0.15, -0.1) is 0 Å². The molecule has 344 valence electrons. The van der Waals surface area contributed by atoms with E-state index in [4.69, 9.17) is 28.4 Å². The molecule has 2 bridgehead atoms. The highest BCUT2D eigenvalue weighted by Gasteiger charge is 2.77. The number of Topliss-reactive ketones (excluding diaryl/α,β-unsaturated/α-hetero) is 1. The Morgan fingerprint density at radius 1 is 1.06 bits per heavy atom. The number of hydrogen-bond acceptors (Lipinski definition) is 14. The zero-order valence-corrected chi connectivity index (χ0v) is 37.8. The molecule has 0 radical (unpaired) electrons. The molecule has 0 unspecified atom stereocenters. The number of nitrogens with zero attached hydrogens (tertiary/aromatic N) is 2.